The van der Waals surface area contributed by atoms with E-state index in [1.54, 1.807) is 6.08 Å². The normalized spacial score (nSPS) is 19.1. The molecule has 0 unspecified atom stereocenters. The second-order valence-electron chi connectivity index (χ2n) is 5.54. The molecule has 4 nitrogen and oxygen atoms in total. The monoisotopic (exact) mass is 307 g/mol. The fourth-order valence-corrected chi connectivity index (χ4v) is 3.82. The molecule has 1 heterocycles. The summed E-state index contributed by atoms with van der Waals surface area (Å²) < 4.78 is 11.3. The molecule has 112 valence electrons. The van der Waals surface area contributed by atoms with Crippen LogP contribution in [0, 0.1) is 0 Å². The minimum absolute atomic E-state index is 0.493. The van der Waals surface area contributed by atoms with Crippen LogP contribution in [0.15, 0.2) is 11.1 Å². The molecule has 1 fully saturated rings. The van der Waals surface area contributed by atoms with Crippen LogP contribution in [-0.4, -0.2) is 19.3 Å². The molecule has 1 saturated carbocycles. The van der Waals surface area contributed by atoms with Gasteiger partial charge in [-0.1, -0.05) is 31.4 Å². The van der Waals surface area contributed by atoms with E-state index in [-0.39, 0.29) is 0 Å². The molecule has 2 aliphatic rings. The van der Waals surface area contributed by atoms with Gasteiger partial charge in [-0.3, -0.25) is 0 Å². The average molecular weight is 308 g/mol. The van der Waals surface area contributed by atoms with E-state index in [2.05, 4.69) is 4.99 Å². The van der Waals surface area contributed by atoms with Gasteiger partial charge in [0.2, 0.25) is 6.08 Å². The molecule has 0 bridgehead atoms. The van der Waals surface area contributed by atoms with Crippen LogP contribution in [0.25, 0.3) is 0 Å². The number of halogens is 1. The average Bonchev–Trinajstić information content (AvgIpc) is 2.97. The van der Waals surface area contributed by atoms with Gasteiger partial charge in [0.1, 0.15) is 13.2 Å². The van der Waals surface area contributed by atoms with Crippen LogP contribution in [0.1, 0.15) is 43.7 Å². The summed E-state index contributed by atoms with van der Waals surface area (Å²) in [6.07, 6.45) is 6.34. The number of carbonyl (C=O) groups excluding carboxylic acids is 1. The molecule has 0 aromatic heterocycles. The summed E-state index contributed by atoms with van der Waals surface area (Å²) >= 11 is 6.53. The first-order valence-corrected chi connectivity index (χ1v) is 7.80. The molecule has 0 amide bonds. The van der Waals surface area contributed by atoms with Crippen molar-refractivity contribution in [2.45, 2.75) is 44.6 Å². The van der Waals surface area contributed by atoms with Gasteiger partial charge in [-0.15, -0.1) is 0 Å². The van der Waals surface area contributed by atoms with Gasteiger partial charge in [0.05, 0.1) is 10.6 Å². The Morgan fingerprint density at radius 1 is 1.33 bits per heavy atom. The van der Waals surface area contributed by atoms with Crippen LogP contribution in [0.3, 0.4) is 0 Å². The van der Waals surface area contributed by atoms with E-state index >= 15 is 0 Å². The van der Waals surface area contributed by atoms with Crippen LogP contribution in [0.4, 0.5) is 0 Å². The van der Waals surface area contributed by atoms with Gasteiger partial charge in [-0.2, -0.15) is 4.99 Å². The molecule has 21 heavy (non-hydrogen) atoms. The molecule has 1 aliphatic heterocycles. The maximum atomic E-state index is 10.9. The van der Waals surface area contributed by atoms with Crippen molar-refractivity contribution in [2.24, 2.45) is 4.99 Å². The largest absolute Gasteiger partial charge is 0.486 e. The van der Waals surface area contributed by atoms with E-state index in [4.69, 9.17) is 21.1 Å². The summed E-state index contributed by atoms with van der Waals surface area (Å²) in [6.45, 7) is 3.07. The molecular formula is C16H18ClNO3. The van der Waals surface area contributed by atoms with Gasteiger partial charge >= 0.3 is 0 Å². The smallest absolute Gasteiger partial charge is 0.235 e. The van der Waals surface area contributed by atoms with Crippen molar-refractivity contribution in [1.82, 2.24) is 0 Å². The number of rotatable bonds is 3. The number of isocyanates is 1. The van der Waals surface area contributed by atoms with Crippen LogP contribution >= 0.6 is 11.6 Å². The van der Waals surface area contributed by atoms with Crippen molar-refractivity contribution in [3.63, 3.8) is 0 Å². The maximum absolute atomic E-state index is 10.9. The quantitative estimate of drug-likeness (QED) is 0.630. The highest BCUT2D eigenvalue weighted by molar-refractivity contribution is 6.33. The summed E-state index contributed by atoms with van der Waals surface area (Å²) in [5, 5.41) is 0.595. The Morgan fingerprint density at radius 3 is 2.71 bits per heavy atom. The fraction of sp³-hybridized carbons (Fsp3) is 0.562. The highest BCUT2D eigenvalue weighted by atomic mass is 35.5. The number of ether oxygens (including phenoxy) is 2. The number of fused-ring (bicyclic) bond motifs is 1. The molecule has 1 aromatic rings. The molecule has 5 heteroatoms. The standard InChI is InChI=1S/C16H18ClNO3/c1-2-11-12(16(18-10-19)5-3-4-6-16)9-13-15(14(11)17)21-8-7-20-13/h9H,2-8H2,1H3. The lowest BCUT2D eigenvalue weighted by Crippen LogP contribution is -2.23. The molecule has 1 aliphatic carbocycles. The number of hydrogen-bond donors (Lipinski definition) is 0. The number of hydrogen-bond acceptors (Lipinski definition) is 4. The Kier molecular flexibility index (Phi) is 3.92. The third-order valence-electron chi connectivity index (χ3n) is 4.42. The van der Waals surface area contributed by atoms with E-state index in [0.29, 0.717) is 29.7 Å². The molecule has 0 radical (unpaired) electrons. The lowest BCUT2D eigenvalue weighted by molar-refractivity contribution is 0.171. The van der Waals surface area contributed by atoms with Crippen molar-refractivity contribution in [3.8, 4) is 11.5 Å². The van der Waals surface area contributed by atoms with E-state index in [9.17, 15) is 4.79 Å². The first-order chi connectivity index (χ1) is 10.2. The van der Waals surface area contributed by atoms with Crippen molar-refractivity contribution < 1.29 is 14.3 Å². The van der Waals surface area contributed by atoms with Crippen molar-refractivity contribution >= 4 is 17.7 Å². The molecule has 0 saturated heterocycles. The lowest BCUT2D eigenvalue weighted by atomic mass is 9.84. The van der Waals surface area contributed by atoms with E-state index in [1.165, 1.54) is 0 Å². The van der Waals surface area contributed by atoms with Crippen molar-refractivity contribution in [2.75, 3.05) is 13.2 Å². The Labute approximate surface area is 129 Å². The van der Waals surface area contributed by atoms with Crippen LogP contribution in [0.5, 0.6) is 11.5 Å². The summed E-state index contributed by atoms with van der Waals surface area (Å²) in [7, 11) is 0. The first-order valence-electron chi connectivity index (χ1n) is 7.42. The predicted octanol–water partition coefficient (Wildman–Crippen LogP) is 3.78. The van der Waals surface area contributed by atoms with Crippen molar-refractivity contribution in [1.29, 1.82) is 0 Å². The van der Waals surface area contributed by atoms with Gasteiger partial charge in [-0.25, -0.2) is 4.79 Å². The van der Waals surface area contributed by atoms with Crippen LogP contribution in [-0.2, 0) is 16.8 Å². The van der Waals surface area contributed by atoms with E-state index in [0.717, 1.165) is 43.2 Å². The highest BCUT2D eigenvalue weighted by Crippen LogP contribution is 2.50. The lowest BCUT2D eigenvalue weighted by Gasteiger charge is -2.29. The number of benzene rings is 1. The zero-order chi connectivity index (χ0) is 14.9. The summed E-state index contributed by atoms with van der Waals surface area (Å²) in [5.74, 6) is 1.28. The minimum Gasteiger partial charge on any atom is -0.486 e. The highest BCUT2D eigenvalue weighted by Gasteiger charge is 2.39. The third-order valence-corrected chi connectivity index (χ3v) is 4.82. The Bertz CT molecular complexity index is 602. The summed E-state index contributed by atoms with van der Waals surface area (Å²) in [5.41, 5.74) is 1.51. The van der Waals surface area contributed by atoms with Gasteiger partial charge in [-0.05, 0) is 36.5 Å². The number of nitrogens with zero attached hydrogens (tertiary/aromatic N) is 1. The summed E-state index contributed by atoms with van der Waals surface area (Å²) in [6, 6.07) is 1.96. The second-order valence-corrected chi connectivity index (χ2v) is 5.91. The second kappa shape index (κ2) is 5.70. The Balaban J connectivity index is 2.21. The van der Waals surface area contributed by atoms with E-state index < -0.39 is 5.54 Å². The predicted molar refractivity (Wildman–Crippen MR) is 80.1 cm³/mol. The molecule has 3 rings (SSSR count). The van der Waals surface area contributed by atoms with Gasteiger partial charge < -0.3 is 9.47 Å². The zero-order valence-corrected chi connectivity index (χ0v) is 12.8. The molecule has 0 atom stereocenters. The molecule has 0 spiro atoms. The van der Waals surface area contributed by atoms with Crippen molar-refractivity contribution in [3.05, 3.63) is 22.2 Å². The first kappa shape index (κ1) is 14.4. The van der Waals surface area contributed by atoms with Gasteiger partial charge in [0.25, 0.3) is 0 Å². The third kappa shape index (κ3) is 2.33. The SMILES string of the molecule is CCc1c(C2(N=C=O)CCCC2)cc2c(c1Cl)OCCO2. The Morgan fingerprint density at radius 2 is 2.05 bits per heavy atom. The van der Waals surface area contributed by atoms with Gasteiger partial charge in [0, 0.05) is 0 Å². The number of aliphatic imine (C=N–C) groups is 1. The molecular weight excluding hydrogens is 290 g/mol. The van der Waals surface area contributed by atoms with Crippen LogP contribution < -0.4 is 9.47 Å². The molecule has 1 aromatic carbocycles. The minimum atomic E-state index is -0.493. The summed E-state index contributed by atoms with van der Waals surface area (Å²) in [4.78, 5) is 15.1. The van der Waals surface area contributed by atoms with Gasteiger partial charge in [0.15, 0.2) is 11.5 Å². The zero-order valence-electron chi connectivity index (χ0n) is 12.1. The maximum Gasteiger partial charge on any atom is 0.235 e. The Hall–Kier alpha value is -1.51. The van der Waals surface area contributed by atoms with E-state index in [1.807, 2.05) is 13.0 Å². The topological polar surface area (TPSA) is 47.9 Å². The fourth-order valence-electron chi connectivity index (χ4n) is 3.43. The molecule has 0 N–H and O–H groups in total. The van der Waals surface area contributed by atoms with Crippen LogP contribution in [0.2, 0.25) is 5.02 Å².